The number of fused-ring (bicyclic) bond motifs is 1. The second-order valence-electron chi connectivity index (χ2n) is 4.81. The lowest BCUT2D eigenvalue weighted by atomic mass is 9.89. The molecule has 84 valence electrons. The van der Waals surface area contributed by atoms with Gasteiger partial charge in [-0.05, 0) is 37.5 Å². The van der Waals surface area contributed by atoms with Crippen LogP contribution in [0.2, 0.25) is 0 Å². The zero-order valence-electron chi connectivity index (χ0n) is 9.69. The van der Waals surface area contributed by atoms with E-state index in [1.54, 1.807) is 0 Å². The van der Waals surface area contributed by atoms with Crippen LogP contribution in [0.15, 0.2) is 18.3 Å². The number of hydrogen-bond acceptors (Lipinski definition) is 2. The molecule has 3 nitrogen and oxygen atoms in total. The predicted molar refractivity (Wildman–Crippen MR) is 63.6 cm³/mol. The van der Waals surface area contributed by atoms with Crippen LogP contribution >= 0.6 is 0 Å². The van der Waals surface area contributed by atoms with Crippen molar-refractivity contribution in [3.8, 4) is 0 Å². The van der Waals surface area contributed by atoms with Gasteiger partial charge >= 0.3 is 0 Å². The summed E-state index contributed by atoms with van der Waals surface area (Å²) >= 11 is 0. The zero-order chi connectivity index (χ0) is 11.0. The number of aromatic nitrogens is 3. The highest BCUT2D eigenvalue weighted by molar-refractivity contribution is 5.40. The quantitative estimate of drug-likeness (QED) is 0.731. The summed E-state index contributed by atoms with van der Waals surface area (Å²) in [6.45, 7) is 2.09. The first-order valence-corrected chi connectivity index (χ1v) is 6.16. The van der Waals surface area contributed by atoms with Gasteiger partial charge < -0.3 is 0 Å². The van der Waals surface area contributed by atoms with Crippen molar-refractivity contribution < 1.29 is 0 Å². The van der Waals surface area contributed by atoms with E-state index in [0.717, 1.165) is 11.5 Å². The fourth-order valence-corrected chi connectivity index (χ4v) is 2.53. The molecule has 2 aromatic rings. The minimum absolute atomic E-state index is 0.592. The van der Waals surface area contributed by atoms with Crippen molar-refractivity contribution in [1.82, 2.24) is 14.6 Å². The highest BCUT2D eigenvalue weighted by Gasteiger charge is 2.19. The summed E-state index contributed by atoms with van der Waals surface area (Å²) in [5, 5.41) is 4.58. The van der Waals surface area contributed by atoms with Crippen molar-refractivity contribution in [3.63, 3.8) is 0 Å². The molecule has 0 spiro atoms. The van der Waals surface area contributed by atoms with E-state index in [1.165, 1.54) is 37.7 Å². The van der Waals surface area contributed by atoms with E-state index in [1.807, 2.05) is 10.7 Å². The standard InChI is InChI=1S/C13H17N3/c1-10-7-8-16-12(9-10)14-13(15-16)11-5-3-2-4-6-11/h7-9,11H,2-6H2,1H3. The summed E-state index contributed by atoms with van der Waals surface area (Å²) < 4.78 is 1.90. The van der Waals surface area contributed by atoms with Crippen molar-refractivity contribution in [2.24, 2.45) is 0 Å². The monoisotopic (exact) mass is 215 g/mol. The molecule has 16 heavy (non-hydrogen) atoms. The third-order valence-corrected chi connectivity index (χ3v) is 3.48. The molecule has 3 rings (SSSR count). The van der Waals surface area contributed by atoms with Gasteiger partial charge in [-0.15, -0.1) is 0 Å². The zero-order valence-corrected chi connectivity index (χ0v) is 9.69. The van der Waals surface area contributed by atoms with Gasteiger partial charge in [0.2, 0.25) is 0 Å². The van der Waals surface area contributed by atoms with Crippen LogP contribution in [0, 0.1) is 6.92 Å². The normalized spacial score (nSPS) is 18.1. The highest BCUT2D eigenvalue weighted by Crippen LogP contribution is 2.30. The second-order valence-corrected chi connectivity index (χ2v) is 4.81. The van der Waals surface area contributed by atoms with Gasteiger partial charge in [0.15, 0.2) is 11.5 Å². The smallest absolute Gasteiger partial charge is 0.155 e. The Balaban J connectivity index is 1.97. The maximum absolute atomic E-state index is 4.65. The van der Waals surface area contributed by atoms with E-state index in [-0.39, 0.29) is 0 Å². The predicted octanol–water partition coefficient (Wildman–Crippen LogP) is 3.09. The van der Waals surface area contributed by atoms with Gasteiger partial charge in [-0.1, -0.05) is 19.3 Å². The topological polar surface area (TPSA) is 30.2 Å². The Hall–Kier alpha value is -1.38. The summed E-state index contributed by atoms with van der Waals surface area (Å²) in [6.07, 6.45) is 8.57. The molecule has 0 aromatic carbocycles. The second kappa shape index (κ2) is 3.89. The highest BCUT2D eigenvalue weighted by atomic mass is 15.3. The molecule has 0 amide bonds. The Morgan fingerprint density at radius 2 is 2.06 bits per heavy atom. The van der Waals surface area contributed by atoms with Gasteiger partial charge in [-0.25, -0.2) is 9.50 Å². The number of hydrogen-bond donors (Lipinski definition) is 0. The van der Waals surface area contributed by atoms with Crippen molar-refractivity contribution >= 4 is 5.65 Å². The molecule has 1 aliphatic rings. The van der Waals surface area contributed by atoms with Crippen molar-refractivity contribution in [2.45, 2.75) is 44.9 Å². The number of nitrogens with zero attached hydrogens (tertiary/aromatic N) is 3. The number of aryl methyl sites for hydroxylation is 1. The fourth-order valence-electron chi connectivity index (χ4n) is 2.53. The average Bonchev–Trinajstić information content (AvgIpc) is 2.73. The molecule has 0 radical (unpaired) electrons. The third kappa shape index (κ3) is 1.70. The van der Waals surface area contributed by atoms with Crippen LogP contribution in [-0.4, -0.2) is 14.6 Å². The Kier molecular flexibility index (Phi) is 2.39. The molecular formula is C13H17N3. The Morgan fingerprint density at radius 1 is 1.25 bits per heavy atom. The summed E-state index contributed by atoms with van der Waals surface area (Å²) in [5.74, 6) is 1.64. The van der Waals surface area contributed by atoms with E-state index in [2.05, 4.69) is 29.1 Å². The van der Waals surface area contributed by atoms with E-state index < -0.39 is 0 Å². The van der Waals surface area contributed by atoms with Crippen molar-refractivity contribution in [2.75, 3.05) is 0 Å². The summed E-state index contributed by atoms with van der Waals surface area (Å²) in [7, 11) is 0. The van der Waals surface area contributed by atoms with Gasteiger partial charge in [-0.3, -0.25) is 0 Å². The lowest BCUT2D eigenvalue weighted by Gasteiger charge is -2.17. The van der Waals surface area contributed by atoms with Crippen LogP contribution in [0.3, 0.4) is 0 Å². The van der Waals surface area contributed by atoms with E-state index in [9.17, 15) is 0 Å². The van der Waals surface area contributed by atoms with Crippen molar-refractivity contribution in [1.29, 1.82) is 0 Å². The first-order chi connectivity index (χ1) is 7.83. The van der Waals surface area contributed by atoms with Gasteiger partial charge in [-0.2, -0.15) is 5.10 Å². The fraction of sp³-hybridized carbons (Fsp3) is 0.538. The molecule has 1 fully saturated rings. The summed E-state index contributed by atoms with van der Waals surface area (Å²) in [4.78, 5) is 4.65. The van der Waals surface area contributed by atoms with Crippen LogP contribution in [0.4, 0.5) is 0 Å². The Labute approximate surface area is 95.5 Å². The van der Waals surface area contributed by atoms with E-state index >= 15 is 0 Å². The van der Waals surface area contributed by atoms with Gasteiger partial charge in [0.25, 0.3) is 0 Å². The molecule has 2 heterocycles. The Bertz CT molecular complexity index is 495. The van der Waals surface area contributed by atoms with Crippen molar-refractivity contribution in [3.05, 3.63) is 29.7 Å². The van der Waals surface area contributed by atoms with Crippen LogP contribution in [0.25, 0.3) is 5.65 Å². The lowest BCUT2D eigenvalue weighted by molar-refractivity contribution is 0.429. The van der Waals surface area contributed by atoms with E-state index in [4.69, 9.17) is 0 Å². The van der Waals surface area contributed by atoms with Gasteiger partial charge in [0.1, 0.15) is 0 Å². The first kappa shape index (κ1) is 9.82. The average molecular weight is 215 g/mol. The summed E-state index contributed by atoms with van der Waals surface area (Å²) in [6, 6.07) is 4.17. The van der Waals surface area contributed by atoms with Crippen LogP contribution in [0.5, 0.6) is 0 Å². The molecule has 0 atom stereocenters. The van der Waals surface area contributed by atoms with Crippen LogP contribution in [-0.2, 0) is 0 Å². The molecular weight excluding hydrogens is 198 g/mol. The molecule has 0 N–H and O–H groups in total. The lowest BCUT2D eigenvalue weighted by Crippen LogP contribution is -2.06. The van der Waals surface area contributed by atoms with Gasteiger partial charge in [0.05, 0.1) is 0 Å². The molecule has 1 aliphatic carbocycles. The maximum atomic E-state index is 4.65. The molecule has 0 unspecified atom stereocenters. The molecule has 2 aromatic heterocycles. The Morgan fingerprint density at radius 3 is 2.88 bits per heavy atom. The van der Waals surface area contributed by atoms with Crippen LogP contribution in [0.1, 0.15) is 49.4 Å². The number of pyridine rings is 1. The maximum Gasteiger partial charge on any atom is 0.155 e. The molecule has 1 saturated carbocycles. The van der Waals surface area contributed by atoms with Crippen LogP contribution < -0.4 is 0 Å². The SMILES string of the molecule is Cc1ccn2nc(C3CCCCC3)nc2c1. The summed E-state index contributed by atoms with van der Waals surface area (Å²) in [5.41, 5.74) is 2.23. The third-order valence-electron chi connectivity index (χ3n) is 3.48. The molecule has 3 heteroatoms. The molecule has 0 bridgehead atoms. The molecule has 0 aliphatic heterocycles. The van der Waals surface area contributed by atoms with E-state index in [0.29, 0.717) is 5.92 Å². The van der Waals surface area contributed by atoms with Gasteiger partial charge in [0, 0.05) is 12.1 Å². The number of rotatable bonds is 1. The minimum Gasteiger partial charge on any atom is -0.221 e. The first-order valence-electron chi connectivity index (χ1n) is 6.16. The minimum atomic E-state index is 0.592. The molecule has 0 saturated heterocycles. The largest absolute Gasteiger partial charge is 0.221 e.